The number of rotatable bonds is 2. The van der Waals surface area contributed by atoms with Crippen molar-refractivity contribution in [1.82, 2.24) is 0 Å². The van der Waals surface area contributed by atoms with Gasteiger partial charge < -0.3 is 10.2 Å². The zero-order valence-corrected chi connectivity index (χ0v) is 9.48. The average Bonchev–Trinajstić information content (AvgIpc) is 2.64. The fourth-order valence-electron chi connectivity index (χ4n) is 1.28. The SMILES string of the molecule is O=C(O)/C=C\C(=O)O.c1ccc2cccc-2cc1. The van der Waals surface area contributed by atoms with E-state index in [1.54, 1.807) is 0 Å². The molecule has 0 fully saturated rings. The van der Waals surface area contributed by atoms with Crippen LogP contribution in [0, 0.1) is 0 Å². The molecule has 0 aromatic carbocycles. The molecule has 0 saturated carbocycles. The van der Waals surface area contributed by atoms with Crippen LogP contribution < -0.4 is 0 Å². The first-order valence-corrected chi connectivity index (χ1v) is 5.17. The van der Waals surface area contributed by atoms with Gasteiger partial charge in [-0.1, -0.05) is 48.5 Å². The summed E-state index contributed by atoms with van der Waals surface area (Å²) >= 11 is 0. The minimum atomic E-state index is -1.26. The molecule has 0 aromatic heterocycles. The van der Waals surface area contributed by atoms with Crippen LogP contribution in [-0.2, 0) is 9.59 Å². The van der Waals surface area contributed by atoms with Crippen molar-refractivity contribution in [2.45, 2.75) is 0 Å². The van der Waals surface area contributed by atoms with Crippen LogP contribution in [0.15, 0.2) is 60.7 Å². The van der Waals surface area contributed by atoms with Gasteiger partial charge in [0.1, 0.15) is 0 Å². The summed E-state index contributed by atoms with van der Waals surface area (Å²) in [5.74, 6) is -2.51. The molecule has 0 aliphatic heterocycles. The smallest absolute Gasteiger partial charge is 0.328 e. The lowest BCUT2D eigenvalue weighted by Crippen LogP contribution is -1.91. The van der Waals surface area contributed by atoms with Gasteiger partial charge in [-0.15, -0.1) is 0 Å². The highest BCUT2D eigenvalue weighted by molar-refractivity contribution is 5.89. The van der Waals surface area contributed by atoms with Gasteiger partial charge in [-0.25, -0.2) is 9.59 Å². The number of hydrogen-bond acceptors (Lipinski definition) is 2. The topological polar surface area (TPSA) is 74.6 Å². The van der Waals surface area contributed by atoms with Crippen molar-refractivity contribution in [3.8, 4) is 11.1 Å². The van der Waals surface area contributed by atoms with Gasteiger partial charge in [0.2, 0.25) is 0 Å². The van der Waals surface area contributed by atoms with E-state index >= 15 is 0 Å². The number of aliphatic carboxylic acids is 2. The molecule has 0 heterocycles. The molecular formula is C14H12O4. The van der Waals surface area contributed by atoms with Gasteiger partial charge in [-0.05, 0) is 11.1 Å². The van der Waals surface area contributed by atoms with Crippen molar-refractivity contribution in [1.29, 1.82) is 0 Å². The van der Waals surface area contributed by atoms with Crippen molar-refractivity contribution < 1.29 is 19.8 Å². The van der Waals surface area contributed by atoms with Gasteiger partial charge in [0.15, 0.2) is 0 Å². The van der Waals surface area contributed by atoms with Crippen LogP contribution in [0.25, 0.3) is 11.1 Å². The maximum Gasteiger partial charge on any atom is 0.328 e. The average molecular weight is 244 g/mol. The van der Waals surface area contributed by atoms with Crippen LogP contribution in [0.5, 0.6) is 0 Å². The Hall–Kier alpha value is -2.62. The van der Waals surface area contributed by atoms with Crippen molar-refractivity contribution in [3.63, 3.8) is 0 Å². The lowest BCUT2D eigenvalue weighted by atomic mass is 10.2. The van der Waals surface area contributed by atoms with Crippen LogP contribution in [0.1, 0.15) is 0 Å². The quantitative estimate of drug-likeness (QED) is 0.796. The van der Waals surface area contributed by atoms with E-state index in [1.165, 1.54) is 11.1 Å². The molecule has 0 saturated heterocycles. The number of carboxylic acids is 2. The molecule has 0 bridgehead atoms. The zero-order chi connectivity index (χ0) is 13.4. The molecule has 0 aromatic rings. The molecule has 4 nitrogen and oxygen atoms in total. The molecule has 18 heavy (non-hydrogen) atoms. The summed E-state index contributed by atoms with van der Waals surface area (Å²) in [5, 5.41) is 15.6. The Morgan fingerprint density at radius 1 is 0.722 bits per heavy atom. The second-order valence-electron chi connectivity index (χ2n) is 3.36. The van der Waals surface area contributed by atoms with E-state index in [0.717, 1.165) is 0 Å². The molecule has 0 unspecified atom stereocenters. The zero-order valence-electron chi connectivity index (χ0n) is 9.48. The number of carboxylic acid groups (broad SMARTS) is 2. The molecule has 92 valence electrons. The minimum Gasteiger partial charge on any atom is -0.478 e. The summed E-state index contributed by atoms with van der Waals surface area (Å²) < 4.78 is 0. The van der Waals surface area contributed by atoms with Gasteiger partial charge >= 0.3 is 11.9 Å². The van der Waals surface area contributed by atoms with Gasteiger partial charge in [-0.3, -0.25) is 0 Å². The molecule has 2 aliphatic rings. The van der Waals surface area contributed by atoms with Crippen molar-refractivity contribution in [3.05, 3.63) is 60.7 Å². The van der Waals surface area contributed by atoms with Crippen LogP contribution in [0.4, 0.5) is 0 Å². The van der Waals surface area contributed by atoms with Crippen LogP contribution in [-0.4, -0.2) is 22.2 Å². The van der Waals surface area contributed by atoms with Crippen molar-refractivity contribution >= 4 is 11.9 Å². The fraction of sp³-hybridized carbons (Fsp3) is 0. The highest BCUT2D eigenvalue weighted by Crippen LogP contribution is 2.19. The van der Waals surface area contributed by atoms with E-state index in [2.05, 4.69) is 42.5 Å². The number of fused-ring (bicyclic) bond motifs is 1. The van der Waals surface area contributed by atoms with E-state index in [4.69, 9.17) is 10.2 Å². The van der Waals surface area contributed by atoms with Crippen LogP contribution in [0.2, 0.25) is 0 Å². The van der Waals surface area contributed by atoms with Crippen LogP contribution in [0.3, 0.4) is 0 Å². The van der Waals surface area contributed by atoms with E-state index < -0.39 is 11.9 Å². The predicted octanol–water partition coefficient (Wildman–Crippen LogP) is 2.50. The van der Waals surface area contributed by atoms with Gasteiger partial charge in [-0.2, -0.15) is 0 Å². The Balaban J connectivity index is 0.000000187. The first kappa shape index (κ1) is 13.4. The predicted molar refractivity (Wildman–Crippen MR) is 67.5 cm³/mol. The lowest BCUT2D eigenvalue weighted by Gasteiger charge is -1.85. The molecule has 0 atom stereocenters. The first-order valence-electron chi connectivity index (χ1n) is 5.17. The first-order chi connectivity index (χ1) is 8.59. The molecular weight excluding hydrogens is 232 g/mol. The maximum absolute atomic E-state index is 9.55. The van der Waals surface area contributed by atoms with E-state index in [9.17, 15) is 9.59 Å². The van der Waals surface area contributed by atoms with Crippen LogP contribution >= 0.6 is 0 Å². The highest BCUT2D eigenvalue weighted by atomic mass is 16.4. The summed E-state index contributed by atoms with van der Waals surface area (Å²) in [6, 6.07) is 16.7. The minimum absolute atomic E-state index is 0.558. The highest BCUT2D eigenvalue weighted by Gasteiger charge is 1.94. The fourth-order valence-corrected chi connectivity index (χ4v) is 1.28. The third-order valence-electron chi connectivity index (χ3n) is 2.03. The second kappa shape index (κ2) is 6.85. The molecule has 2 N–H and O–H groups in total. The van der Waals surface area contributed by atoms with Gasteiger partial charge in [0.05, 0.1) is 0 Å². The third kappa shape index (κ3) is 4.94. The Morgan fingerprint density at radius 2 is 1.11 bits per heavy atom. The van der Waals surface area contributed by atoms with Crippen molar-refractivity contribution in [2.24, 2.45) is 0 Å². The van der Waals surface area contributed by atoms with Crippen molar-refractivity contribution in [2.75, 3.05) is 0 Å². The van der Waals surface area contributed by atoms with Gasteiger partial charge in [0.25, 0.3) is 0 Å². The molecule has 4 heteroatoms. The third-order valence-corrected chi connectivity index (χ3v) is 2.03. The number of carbonyl (C=O) groups is 2. The van der Waals surface area contributed by atoms with E-state index in [0.29, 0.717) is 12.2 Å². The Labute approximate surface area is 104 Å². The largest absolute Gasteiger partial charge is 0.478 e. The monoisotopic (exact) mass is 244 g/mol. The molecule has 0 spiro atoms. The summed E-state index contributed by atoms with van der Waals surface area (Å²) in [6.45, 7) is 0. The number of hydrogen-bond donors (Lipinski definition) is 2. The van der Waals surface area contributed by atoms with E-state index in [1.807, 2.05) is 6.07 Å². The Bertz CT molecular complexity index is 487. The summed E-state index contributed by atoms with van der Waals surface area (Å²) in [5.41, 5.74) is 2.62. The molecule has 2 rings (SSSR count). The standard InChI is InChI=1S/C10H8.C4H4O4/c1-2-5-9-7-4-8-10(9)6-3-1;5-3(6)1-2-4(7)8/h1-8H;1-2H,(H,5,6)(H,7,8)/b;2-1-. The normalized spacial score (nSPS) is 9.78. The summed E-state index contributed by atoms with van der Waals surface area (Å²) in [7, 11) is 0. The second-order valence-corrected chi connectivity index (χ2v) is 3.36. The summed E-state index contributed by atoms with van der Waals surface area (Å²) in [4.78, 5) is 19.1. The maximum atomic E-state index is 9.55. The Morgan fingerprint density at radius 3 is 1.50 bits per heavy atom. The Kier molecular flexibility index (Phi) is 5.12. The molecule has 0 amide bonds. The summed E-state index contributed by atoms with van der Waals surface area (Å²) in [6.07, 6.45) is 1.12. The lowest BCUT2D eigenvalue weighted by molar-refractivity contribution is -0.134. The van der Waals surface area contributed by atoms with E-state index in [-0.39, 0.29) is 0 Å². The van der Waals surface area contributed by atoms with Gasteiger partial charge in [0, 0.05) is 12.2 Å². The molecule has 0 radical (unpaired) electrons. The molecule has 2 aliphatic carbocycles.